The summed E-state index contributed by atoms with van der Waals surface area (Å²) in [6.07, 6.45) is 1.18. The van der Waals surface area contributed by atoms with Crippen molar-refractivity contribution in [1.82, 2.24) is 0 Å². The molecule has 0 bridgehead atoms. The highest BCUT2D eigenvalue weighted by Crippen LogP contribution is 2.34. The van der Waals surface area contributed by atoms with Crippen molar-refractivity contribution in [3.8, 4) is 5.75 Å². The van der Waals surface area contributed by atoms with Gasteiger partial charge in [0.25, 0.3) is 0 Å². The summed E-state index contributed by atoms with van der Waals surface area (Å²) < 4.78 is 5.37. The molecule has 0 aromatic heterocycles. The van der Waals surface area contributed by atoms with E-state index in [0.717, 1.165) is 11.1 Å². The first kappa shape index (κ1) is 14.6. The Morgan fingerprint density at radius 3 is 2.29 bits per heavy atom. The van der Waals surface area contributed by atoms with Gasteiger partial charge in [-0.05, 0) is 54.9 Å². The number of hydrogen-bond acceptors (Lipinski definition) is 1. The fraction of sp³-hybridized carbons (Fsp3) is 0.600. The number of alkyl halides is 1. The third kappa shape index (κ3) is 3.48. The molecular formula is C15H23BrO. The second-order valence-electron chi connectivity index (χ2n) is 5.01. The van der Waals surface area contributed by atoms with Crippen molar-refractivity contribution in [3.05, 3.63) is 28.8 Å². The van der Waals surface area contributed by atoms with Crippen molar-refractivity contribution in [2.45, 2.75) is 40.0 Å². The summed E-state index contributed by atoms with van der Waals surface area (Å²) in [5.41, 5.74) is 4.04. The van der Waals surface area contributed by atoms with Crippen LogP contribution in [0.5, 0.6) is 5.75 Å². The van der Waals surface area contributed by atoms with Gasteiger partial charge < -0.3 is 4.74 Å². The predicted octanol–water partition coefficient (Wildman–Crippen LogP) is 4.84. The maximum atomic E-state index is 5.37. The molecule has 0 radical (unpaired) electrons. The van der Waals surface area contributed by atoms with E-state index >= 15 is 0 Å². The zero-order valence-electron chi connectivity index (χ0n) is 11.5. The van der Waals surface area contributed by atoms with Crippen LogP contribution in [0.25, 0.3) is 0 Å². The van der Waals surface area contributed by atoms with Gasteiger partial charge in [0, 0.05) is 5.33 Å². The van der Waals surface area contributed by atoms with Crippen LogP contribution in [0, 0.1) is 19.8 Å². The van der Waals surface area contributed by atoms with E-state index in [1.165, 1.54) is 23.1 Å². The third-order valence-electron chi connectivity index (χ3n) is 3.41. The summed E-state index contributed by atoms with van der Waals surface area (Å²) in [5.74, 6) is 2.28. The molecule has 0 aliphatic carbocycles. The molecule has 1 rings (SSSR count). The predicted molar refractivity (Wildman–Crippen MR) is 78.5 cm³/mol. The first-order valence-corrected chi connectivity index (χ1v) is 7.34. The molecule has 1 unspecified atom stereocenters. The molecule has 0 fully saturated rings. The molecule has 0 saturated heterocycles. The van der Waals surface area contributed by atoms with Crippen LogP contribution in [0.3, 0.4) is 0 Å². The van der Waals surface area contributed by atoms with Crippen molar-refractivity contribution in [2.24, 2.45) is 5.92 Å². The summed E-state index contributed by atoms with van der Waals surface area (Å²) >= 11 is 3.56. The van der Waals surface area contributed by atoms with Crippen LogP contribution in [0.1, 0.15) is 42.9 Å². The summed E-state index contributed by atoms with van der Waals surface area (Å²) in [5, 5.41) is 1.06. The molecule has 0 N–H and O–H groups in total. The van der Waals surface area contributed by atoms with Crippen molar-refractivity contribution in [1.29, 1.82) is 0 Å². The Bertz CT molecular complexity index is 371. The first-order chi connectivity index (χ1) is 8.01. The molecule has 1 atom stereocenters. The largest absolute Gasteiger partial charge is 0.496 e. The van der Waals surface area contributed by atoms with Crippen molar-refractivity contribution < 1.29 is 4.74 Å². The van der Waals surface area contributed by atoms with E-state index < -0.39 is 0 Å². The van der Waals surface area contributed by atoms with Crippen molar-refractivity contribution in [2.75, 3.05) is 12.4 Å². The van der Waals surface area contributed by atoms with E-state index in [2.05, 4.69) is 55.8 Å². The summed E-state index contributed by atoms with van der Waals surface area (Å²) in [6.45, 7) is 8.90. The second kappa shape index (κ2) is 6.44. The summed E-state index contributed by atoms with van der Waals surface area (Å²) in [7, 11) is 1.74. The molecule has 1 aromatic carbocycles. The Labute approximate surface area is 114 Å². The van der Waals surface area contributed by atoms with Gasteiger partial charge in [-0.2, -0.15) is 0 Å². The van der Waals surface area contributed by atoms with E-state index in [9.17, 15) is 0 Å². The smallest absolute Gasteiger partial charge is 0.122 e. The van der Waals surface area contributed by atoms with Gasteiger partial charge in [0.1, 0.15) is 5.75 Å². The molecule has 1 aromatic rings. The lowest BCUT2D eigenvalue weighted by atomic mass is 9.83. The molecule has 96 valence electrons. The van der Waals surface area contributed by atoms with E-state index in [1.807, 2.05) is 0 Å². The van der Waals surface area contributed by atoms with Gasteiger partial charge in [-0.15, -0.1) is 0 Å². The van der Waals surface area contributed by atoms with Crippen LogP contribution < -0.4 is 4.74 Å². The zero-order valence-corrected chi connectivity index (χ0v) is 13.1. The average molecular weight is 299 g/mol. The Hall–Kier alpha value is -0.500. The van der Waals surface area contributed by atoms with Gasteiger partial charge in [0.15, 0.2) is 0 Å². The molecule has 17 heavy (non-hydrogen) atoms. The van der Waals surface area contributed by atoms with Gasteiger partial charge in [0.2, 0.25) is 0 Å². The van der Waals surface area contributed by atoms with Crippen molar-refractivity contribution >= 4 is 15.9 Å². The zero-order chi connectivity index (χ0) is 13.0. The maximum absolute atomic E-state index is 5.37. The Balaban J connectivity index is 3.15. The van der Waals surface area contributed by atoms with Crippen molar-refractivity contribution in [3.63, 3.8) is 0 Å². The van der Waals surface area contributed by atoms with Crippen LogP contribution in [0.4, 0.5) is 0 Å². The molecule has 1 nitrogen and oxygen atoms in total. The van der Waals surface area contributed by atoms with Crippen LogP contribution in [0.2, 0.25) is 0 Å². The number of methoxy groups -OCH3 is 1. The normalized spacial score (nSPS) is 12.9. The number of benzene rings is 1. The molecule has 0 aliphatic rings. The topological polar surface area (TPSA) is 9.23 Å². The average Bonchev–Trinajstić information content (AvgIpc) is 2.28. The van der Waals surface area contributed by atoms with Crippen LogP contribution >= 0.6 is 15.9 Å². The number of rotatable bonds is 5. The highest BCUT2D eigenvalue weighted by atomic mass is 79.9. The van der Waals surface area contributed by atoms with Gasteiger partial charge in [-0.25, -0.2) is 0 Å². The van der Waals surface area contributed by atoms with E-state index in [0.29, 0.717) is 11.8 Å². The maximum Gasteiger partial charge on any atom is 0.122 e. The summed E-state index contributed by atoms with van der Waals surface area (Å²) in [4.78, 5) is 0. The monoisotopic (exact) mass is 298 g/mol. The fourth-order valence-corrected chi connectivity index (χ4v) is 2.89. The Morgan fingerprint density at radius 2 is 1.82 bits per heavy atom. The lowest BCUT2D eigenvalue weighted by molar-refractivity contribution is 0.410. The minimum Gasteiger partial charge on any atom is -0.496 e. The van der Waals surface area contributed by atoms with Crippen LogP contribution in [-0.2, 0) is 0 Å². The van der Waals surface area contributed by atoms with Crippen LogP contribution in [-0.4, -0.2) is 12.4 Å². The molecule has 0 aliphatic heterocycles. The molecule has 0 heterocycles. The number of aryl methyl sites for hydroxylation is 2. The minimum atomic E-state index is 0.624. The number of halogens is 1. The van der Waals surface area contributed by atoms with Gasteiger partial charge in [-0.1, -0.05) is 35.8 Å². The lowest BCUT2D eigenvalue weighted by Gasteiger charge is -2.23. The van der Waals surface area contributed by atoms with Crippen LogP contribution in [0.15, 0.2) is 12.1 Å². The van der Waals surface area contributed by atoms with E-state index in [4.69, 9.17) is 4.74 Å². The van der Waals surface area contributed by atoms with E-state index in [1.54, 1.807) is 7.11 Å². The molecular weight excluding hydrogens is 276 g/mol. The molecule has 0 amide bonds. The molecule has 0 saturated carbocycles. The fourth-order valence-electron chi connectivity index (χ4n) is 2.40. The second-order valence-corrected chi connectivity index (χ2v) is 5.80. The number of hydrogen-bond donors (Lipinski definition) is 0. The van der Waals surface area contributed by atoms with E-state index in [-0.39, 0.29) is 0 Å². The summed E-state index contributed by atoms with van der Waals surface area (Å²) in [6, 6.07) is 4.45. The van der Waals surface area contributed by atoms with Gasteiger partial charge in [0.05, 0.1) is 7.11 Å². The highest BCUT2D eigenvalue weighted by molar-refractivity contribution is 9.09. The number of ether oxygens (including phenoxy) is 1. The lowest BCUT2D eigenvalue weighted by Crippen LogP contribution is -2.10. The quantitative estimate of drug-likeness (QED) is 0.707. The first-order valence-electron chi connectivity index (χ1n) is 6.22. The Kier molecular flexibility index (Phi) is 5.51. The highest BCUT2D eigenvalue weighted by Gasteiger charge is 2.18. The minimum absolute atomic E-state index is 0.624. The SMILES string of the molecule is COc1cc(C)c(C(CCBr)C(C)C)cc1C. The molecule has 2 heteroatoms. The Morgan fingerprint density at radius 1 is 1.18 bits per heavy atom. The molecule has 0 spiro atoms. The third-order valence-corrected chi connectivity index (χ3v) is 3.87. The van der Waals surface area contributed by atoms with Gasteiger partial charge >= 0.3 is 0 Å². The van der Waals surface area contributed by atoms with Gasteiger partial charge in [-0.3, -0.25) is 0 Å². The standard InChI is InChI=1S/C15H23BrO/c1-10(2)13(6-7-16)14-8-12(4)15(17-5)9-11(14)3/h8-10,13H,6-7H2,1-5H3.